The monoisotopic (exact) mass is 596 g/mol. The van der Waals surface area contributed by atoms with Crippen LogP contribution in [0.2, 0.25) is 0 Å². The van der Waals surface area contributed by atoms with Crippen molar-refractivity contribution in [3.8, 4) is 11.1 Å². The lowest BCUT2D eigenvalue weighted by atomic mass is 9.85. The number of aryl methyl sites for hydroxylation is 2. The van der Waals surface area contributed by atoms with Crippen LogP contribution in [0.25, 0.3) is 21.9 Å². The van der Waals surface area contributed by atoms with Crippen LogP contribution in [0.4, 0.5) is 0 Å². The molecule has 0 spiro atoms. The second-order valence-electron chi connectivity index (χ2n) is 11.2. The quantitative estimate of drug-likeness (QED) is 0.120. The summed E-state index contributed by atoms with van der Waals surface area (Å²) in [5, 5.41) is 1.49. The summed E-state index contributed by atoms with van der Waals surface area (Å²) in [6.07, 6.45) is -1.08. The van der Waals surface area contributed by atoms with E-state index in [0.717, 1.165) is 27.5 Å². The summed E-state index contributed by atoms with van der Waals surface area (Å²) in [4.78, 5) is 52.9. The number of cyclic esters (lactones) is 4. The van der Waals surface area contributed by atoms with Crippen LogP contribution >= 0.6 is 0 Å². The van der Waals surface area contributed by atoms with Crippen molar-refractivity contribution in [2.24, 2.45) is 0 Å². The zero-order valence-corrected chi connectivity index (χ0v) is 24.2. The second-order valence-corrected chi connectivity index (χ2v) is 11.2. The Kier molecular flexibility index (Phi) is 7.43. The van der Waals surface area contributed by atoms with E-state index >= 15 is 0 Å². The Bertz CT molecular complexity index is 1960. The molecule has 0 aliphatic carbocycles. The van der Waals surface area contributed by atoms with Crippen molar-refractivity contribution in [3.63, 3.8) is 0 Å². The van der Waals surface area contributed by atoms with Gasteiger partial charge in [-0.15, -0.1) is 0 Å². The highest BCUT2D eigenvalue weighted by Gasteiger charge is 2.36. The molecule has 2 heterocycles. The van der Waals surface area contributed by atoms with E-state index in [4.69, 9.17) is 14.2 Å². The van der Waals surface area contributed by atoms with Gasteiger partial charge in [-0.2, -0.15) is 0 Å². The highest BCUT2D eigenvalue weighted by atomic mass is 16.6. The first-order valence-electron chi connectivity index (χ1n) is 14.9. The molecule has 0 fully saturated rings. The molecule has 7 rings (SSSR count). The van der Waals surface area contributed by atoms with Gasteiger partial charge in [0.25, 0.3) is 0 Å². The van der Waals surface area contributed by atoms with Gasteiger partial charge in [-0.05, 0) is 57.5 Å². The van der Waals surface area contributed by atoms with Gasteiger partial charge in [0, 0.05) is 18.4 Å². The Labute approximate surface area is 259 Å². The molecule has 45 heavy (non-hydrogen) atoms. The van der Waals surface area contributed by atoms with Crippen LogP contribution < -0.4 is 0 Å². The van der Waals surface area contributed by atoms with Crippen LogP contribution in [-0.2, 0) is 36.6 Å². The minimum atomic E-state index is -0.881. The van der Waals surface area contributed by atoms with Gasteiger partial charge < -0.3 is 14.2 Å². The van der Waals surface area contributed by atoms with E-state index in [1.165, 1.54) is 0 Å². The van der Waals surface area contributed by atoms with E-state index in [0.29, 0.717) is 29.5 Å². The van der Waals surface area contributed by atoms with Gasteiger partial charge in [-0.3, -0.25) is 9.59 Å². The van der Waals surface area contributed by atoms with E-state index in [-0.39, 0.29) is 24.0 Å². The van der Waals surface area contributed by atoms with Crippen molar-refractivity contribution in [1.82, 2.24) is 0 Å². The Morgan fingerprint density at radius 1 is 0.467 bits per heavy atom. The fourth-order valence-electron chi connectivity index (χ4n) is 6.30. The summed E-state index contributed by atoms with van der Waals surface area (Å²) in [5.41, 5.74) is 4.73. The molecule has 0 N–H and O–H groups in total. The summed E-state index contributed by atoms with van der Waals surface area (Å²) in [6, 6.07) is 33.5. The number of fused-ring (bicyclic) bond motifs is 4. The summed E-state index contributed by atoms with van der Waals surface area (Å²) in [5.74, 6) is -2.35. The maximum atomic E-state index is 13.6. The summed E-state index contributed by atoms with van der Waals surface area (Å²) < 4.78 is 17.3. The van der Waals surface area contributed by atoms with Gasteiger partial charge >= 0.3 is 23.9 Å². The predicted octanol–water partition coefficient (Wildman–Crippen LogP) is 7.27. The Morgan fingerprint density at radius 2 is 1.02 bits per heavy atom. The molecule has 7 nitrogen and oxygen atoms in total. The smallest absolute Gasteiger partial charge is 0.347 e. The topological polar surface area (TPSA) is 96.0 Å². The number of carbonyl (C=O) groups excluding carboxylic acids is 4. The lowest BCUT2D eigenvalue weighted by Crippen LogP contribution is -2.24. The molecule has 5 aromatic carbocycles. The Balaban J connectivity index is 1.39. The van der Waals surface area contributed by atoms with E-state index < -0.39 is 36.1 Å². The standard InChI is InChI=1S/C38H28O7/c39-31-20-18-23-10-7-8-16-27(23)33-28-17-9-15-24(29(28)22-30-34(33)38(42)45-37(30)41)19-21-32(40)44-36(26-13-5-2-6-14-26)35(43-31)25-11-3-1-4-12-25/h1-17,22,35-36H,18-21H2/t35-,36-/m1/s1. The fourth-order valence-corrected chi connectivity index (χ4v) is 6.30. The highest BCUT2D eigenvalue weighted by molar-refractivity contribution is 6.23. The van der Waals surface area contributed by atoms with E-state index in [9.17, 15) is 19.2 Å². The molecular formula is C38H28O7. The molecule has 2 aliphatic rings. The molecule has 222 valence electrons. The van der Waals surface area contributed by atoms with Crippen molar-refractivity contribution in [2.75, 3.05) is 0 Å². The normalized spacial score (nSPS) is 18.6. The molecule has 0 unspecified atom stereocenters. The number of hydrogen-bond donors (Lipinski definition) is 0. The average molecular weight is 597 g/mol. The van der Waals surface area contributed by atoms with Crippen LogP contribution in [0.1, 0.15) is 68.0 Å². The van der Waals surface area contributed by atoms with Gasteiger partial charge in [0.15, 0.2) is 12.2 Å². The van der Waals surface area contributed by atoms with Crippen molar-refractivity contribution in [1.29, 1.82) is 0 Å². The molecule has 0 amide bonds. The zero-order chi connectivity index (χ0) is 30.9. The van der Waals surface area contributed by atoms with Crippen LogP contribution in [0.3, 0.4) is 0 Å². The van der Waals surface area contributed by atoms with Gasteiger partial charge in [0.2, 0.25) is 0 Å². The molecule has 2 aliphatic heterocycles. The Hall–Kier alpha value is -5.56. The van der Waals surface area contributed by atoms with E-state index in [1.807, 2.05) is 103 Å². The number of carbonyl (C=O) groups is 4. The first kappa shape index (κ1) is 28.2. The van der Waals surface area contributed by atoms with Crippen LogP contribution in [0, 0.1) is 0 Å². The second kappa shape index (κ2) is 11.8. The van der Waals surface area contributed by atoms with Gasteiger partial charge in [-0.25, -0.2) is 9.59 Å². The van der Waals surface area contributed by atoms with Crippen molar-refractivity contribution in [3.05, 3.63) is 143 Å². The minimum Gasteiger partial charge on any atom is -0.453 e. The molecule has 5 aromatic rings. The largest absolute Gasteiger partial charge is 0.453 e. The summed E-state index contributed by atoms with van der Waals surface area (Å²) in [6.45, 7) is 0. The third-order valence-electron chi connectivity index (χ3n) is 8.41. The first-order valence-corrected chi connectivity index (χ1v) is 14.9. The molecule has 0 radical (unpaired) electrons. The lowest BCUT2D eigenvalue weighted by molar-refractivity contribution is -0.169. The molecular weight excluding hydrogens is 568 g/mol. The van der Waals surface area contributed by atoms with Gasteiger partial charge in [0.05, 0.1) is 11.1 Å². The third kappa shape index (κ3) is 5.38. The summed E-state index contributed by atoms with van der Waals surface area (Å²) >= 11 is 0. The lowest BCUT2D eigenvalue weighted by Gasteiger charge is -2.28. The molecule has 7 heteroatoms. The fraction of sp³-hybridized carbons (Fsp3) is 0.158. The predicted molar refractivity (Wildman–Crippen MR) is 166 cm³/mol. The molecule has 2 atom stereocenters. The van der Waals surface area contributed by atoms with Gasteiger partial charge in [0.1, 0.15) is 0 Å². The van der Waals surface area contributed by atoms with Crippen LogP contribution in [0.5, 0.6) is 0 Å². The van der Waals surface area contributed by atoms with Crippen LogP contribution in [0.15, 0.2) is 109 Å². The molecule has 0 aromatic heterocycles. The van der Waals surface area contributed by atoms with Crippen molar-refractivity contribution in [2.45, 2.75) is 37.9 Å². The van der Waals surface area contributed by atoms with Gasteiger partial charge in [-0.1, -0.05) is 103 Å². The molecule has 0 saturated heterocycles. The third-order valence-corrected chi connectivity index (χ3v) is 8.41. The number of esters is 4. The van der Waals surface area contributed by atoms with Crippen molar-refractivity contribution < 1.29 is 33.4 Å². The molecule has 4 bridgehead atoms. The number of ether oxygens (including phenoxy) is 3. The van der Waals surface area contributed by atoms with E-state index in [2.05, 4.69) is 0 Å². The minimum absolute atomic E-state index is 0.0252. The average Bonchev–Trinajstić information content (AvgIpc) is 3.36. The number of benzene rings is 5. The maximum Gasteiger partial charge on any atom is 0.347 e. The van der Waals surface area contributed by atoms with Crippen molar-refractivity contribution >= 4 is 34.6 Å². The first-order chi connectivity index (χ1) is 22.0. The number of hydrogen-bond acceptors (Lipinski definition) is 7. The maximum absolute atomic E-state index is 13.6. The highest BCUT2D eigenvalue weighted by Crippen LogP contribution is 2.42. The number of rotatable bonds is 2. The summed E-state index contributed by atoms with van der Waals surface area (Å²) in [7, 11) is 0. The van der Waals surface area contributed by atoms with E-state index in [1.54, 1.807) is 6.07 Å². The Morgan fingerprint density at radius 3 is 1.67 bits per heavy atom. The SMILES string of the molecule is O=C1CCc2ccccc2-c2c3c(cc4c(cccc24)CCC(=O)O[C@H](c2ccccc2)[C@@H](c2ccccc2)O1)C(=O)OC3=O. The van der Waals surface area contributed by atoms with Crippen LogP contribution in [-0.4, -0.2) is 23.9 Å². The molecule has 0 saturated carbocycles. The zero-order valence-electron chi connectivity index (χ0n) is 24.2.